The maximum absolute atomic E-state index is 12.7. The number of benzene rings is 1. The number of nitrogens with one attached hydrogen (secondary N) is 3. The first-order valence-electron chi connectivity index (χ1n) is 9.82. The number of hydrogen-bond acceptors (Lipinski definition) is 4. The highest BCUT2D eigenvalue weighted by Crippen LogP contribution is 2.30. The van der Waals surface area contributed by atoms with Gasteiger partial charge in [-0.3, -0.25) is 15.1 Å². The van der Waals surface area contributed by atoms with E-state index in [2.05, 4.69) is 52.3 Å². The maximum Gasteiger partial charge on any atom is 0.238 e. The fourth-order valence-corrected chi connectivity index (χ4v) is 4.68. The predicted octanol–water partition coefficient (Wildman–Crippen LogP) is 1.58. The number of hydrazine groups is 1. The van der Waals surface area contributed by atoms with Crippen LogP contribution in [0.5, 0.6) is 0 Å². The molecule has 2 fully saturated rings. The fourth-order valence-electron chi connectivity index (χ4n) is 4.68. The minimum absolute atomic E-state index is 0.0698. The number of nitrogens with zero attached hydrogens (tertiary/aromatic N) is 1. The lowest BCUT2D eigenvalue weighted by molar-refractivity contribution is -0.124. The highest BCUT2D eigenvalue weighted by molar-refractivity contribution is 5.82. The van der Waals surface area contributed by atoms with Gasteiger partial charge in [0.15, 0.2) is 0 Å². The predicted molar refractivity (Wildman–Crippen MR) is 98.8 cm³/mol. The lowest BCUT2D eigenvalue weighted by atomic mass is 9.81. The lowest BCUT2D eigenvalue weighted by Crippen LogP contribution is -2.50. The largest absolute Gasteiger partial charge is 0.353 e. The molecule has 1 aromatic rings. The van der Waals surface area contributed by atoms with Crippen LogP contribution in [-0.2, 0) is 17.8 Å². The van der Waals surface area contributed by atoms with Crippen molar-refractivity contribution in [1.82, 2.24) is 21.1 Å². The zero-order chi connectivity index (χ0) is 17.2. The molecule has 5 nitrogen and oxygen atoms in total. The van der Waals surface area contributed by atoms with Gasteiger partial charge in [-0.05, 0) is 37.3 Å². The normalized spacial score (nSPS) is 30.4. The van der Waals surface area contributed by atoms with Crippen molar-refractivity contribution in [2.24, 2.45) is 5.92 Å². The minimum atomic E-state index is -0.0698. The van der Waals surface area contributed by atoms with Gasteiger partial charge in [0.2, 0.25) is 5.91 Å². The Balaban J connectivity index is 1.29. The van der Waals surface area contributed by atoms with Crippen LogP contribution in [0.3, 0.4) is 0 Å². The second-order valence-corrected chi connectivity index (χ2v) is 7.90. The molecule has 1 saturated heterocycles. The molecule has 3 aliphatic rings. The highest BCUT2D eigenvalue weighted by atomic mass is 16.2. The van der Waals surface area contributed by atoms with Crippen molar-refractivity contribution in [2.75, 3.05) is 13.1 Å². The van der Waals surface area contributed by atoms with Crippen molar-refractivity contribution >= 4 is 5.91 Å². The number of amides is 1. The number of hydrogen-bond donors (Lipinski definition) is 3. The van der Waals surface area contributed by atoms with Crippen molar-refractivity contribution < 1.29 is 4.79 Å². The number of fused-ring (bicyclic) bond motifs is 2. The molecule has 1 amide bonds. The Morgan fingerprint density at radius 3 is 2.92 bits per heavy atom. The van der Waals surface area contributed by atoms with Gasteiger partial charge < -0.3 is 5.32 Å². The summed E-state index contributed by atoms with van der Waals surface area (Å²) >= 11 is 0. The van der Waals surface area contributed by atoms with Crippen molar-refractivity contribution in [1.29, 1.82) is 0 Å². The van der Waals surface area contributed by atoms with E-state index < -0.39 is 0 Å². The molecule has 1 aromatic carbocycles. The molecular weight excluding hydrogens is 312 g/mol. The van der Waals surface area contributed by atoms with Crippen LogP contribution in [0.25, 0.3) is 0 Å². The minimum Gasteiger partial charge on any atom is -0.353 e. The Morgan fingerprint density at radius 1 is 1.24 bits per heavy atom. The number of carbonyl (C=O) groups is 1. The molecule has 3 N–H and O–H groups in total. The third-order valence-electron chi connectivity index (χ3n) is 6.31. The number of carbonyl (C=O) groups excluding carboxylic acids is 1. The topological polar surface area (TPSA) is 56.4 Å². The summed E-state index contributed by atoms with van der Waals surface area (Å²) in [6, 6.07) is 9.46. The van der Waals surface area contributed by atoms with E-state index in [0.717, 1.165) is 32.5 Å². The van der Waals surface area contributed by atoms with Gasteiger partial charge in [-0.1, -0.05) is 37.1 Å². The summed E-state index contributed by atoms with van der Waals surface area (Å²) in [7, 11) is 0. The monoisotopic (exact) mass is 342 g/mol. The Hall–Kier alpha value is -1.43. The SMILES string of the molecule is CC(CNC(=O)C1NNC2CCCCC21)N1CCc2ccccc2C1. The van der Waals surface area contributed by atoms with Gasteiger partial charge in [-0.25, -0.2) is 5.43 Å². The van der Waals surface area contributed by atoms with Crippen LogP contribution in [-0.4, -0.2) is 42.0 Å². The van der Waals surface area contributed by atoms with Crippen LogP contribution >= 0.6 is 0 Å². The molecule has 136 valence electrons. The lowest BCUT2D eigenvalue weighted by Gasteiger charge is -2.34. The van der Waals surface area contributed by atoms with Gasteiger partial charge in [-0.2, -0.15) is 0 Å². The van der Waals surface area contributed by atoms with Gasteiger partial charge in [0.1, 0.15) is 6.04 Å². The van der Waals surface area contributed by atoms with Crippen LogP contribution in [0.15, 0.2) is 24.3 Å². The Bertz CT molecular complexity index is 619. The summed E-state index contributed by atoms with van der Waals surface area (Å²) in [5.74, 6) is 0.608. The van der Waals surface area contributed by atoms with Crippen LogP contribution in [0.2, 0.25) is 0 Å². The van der Waals surface area contributed by atoms with Gasteiger partial charge in [0.25, 0.3) is 0 Å². The summed E-state index contributed by atoms with van der Waals surface area (Å²) in [6.45, 7) is 5.00. The summed E-state index contributed by atoms with van der Waals surface area (Å²) in [5, 5.41) is 3.20. The Labute approximate surface area is 150 Å². The molecule has 0 spiro atoms. The molecule has 0 aromatic heterocycles. The Morgan fingerprint density at radius 2 is 2.04 bits per heavy atom. The van der Waals surface area contributed by atoms with Gasteiger partial charge in [0, 0.05) is 37.6 Å². The van der Waals surface area contributed by atoms with Crippen LogP contribution in [0.1, 0.15) is 43.7 Å². The van der Waals surface area contributed by atoms with E-state index in [9.17, 15) is 4.79 Å². The van der Waals surface area contributed by atoms with Crippen molar-refractivity contribution in [3.05, 3.63) is 35.4 Å². The zero-order valence-corrected chi connectivity index (χ0v) is 15.1. The fraction of sp³-hybridized carbons (Fsp3) is 0.650. The van der Waals surface area contributed by atoms with Crippen LogP contribution in [0.4, 0.5) is 0 Å². The van der Waals surface area contributed by atoms with Gasteiger partial charge in [-0.15, -0.1) is 0 Å². The average molecular weight is 342 g/mol. The second-order valence-electron chi connectivity index (χ2n) is 7.90. The molecule has 2 aliphatic heterocycles. The van der Waals surface area contributed by atoms with Gasteiger partial charge in [0.05, 0.1) is 0 Å². The summed E-state index contributed by atoms with van der Waals surface area (Å²) < 4.78 is 0. The average Bonchev–Trinajstić information content (AvgIpc) is 3.09. The summed E-state index contributed by atoms with van der Waals surface area (Å²) in [6.07, 6.45) is 5.97. The maximum atomic E-state index is 12.7. The zero-order valence-electron chi connectivity index (χ0n) is 15.1. The van der Waals surface area contributed by atoms with E-state index >= 15 is 0 Å². The summed E-state index contributed by atoms with van der Waals surface area (Å²) in [4.78, 5) is 15.1. The molecule has 1 saturated carbocycles. The van der Waals surface area contributed by atoms with Crippen molar-refractivity contribution in [3.63, 3.8) is 0 Å². The molecule has 1 aliphatic carbocycles. The molecule has 4 atom stereocenters. The second kappa shape index (κ2) is 7.44. The first-order chi connectivity index (χ1) is 12.2. The van der Waals surface area contributed by atoms with E-state index in [1.54, 1.807) is 0 Å². The van der Waals surface area contributed by atoms with E-state index in [4.69, 9.17) is 0 Å². The van der Waals surface area contributed by atoms with Gasteiger partial charge >= 0.3 is 0 Å². The molecule has 2 heterocycles. The highest BCUT2D eigenvalue weighted by Gasteiger charge is 2.40. The molecule has 4 unspecified atom stereocenters. The third kappa shape index (κ3) is 3.59. The van der Waals surface area contributed by atoms with E-state index in [-0.39, 0.29) is 11.9 Å². The third-order valence-corrected chi connectivity index (χ3v) is 6.31. The molecule has 4 rings (SSSR count). The molecule has 25 heavy (non-hydrogen) atoms. The van der Waals surface area contributed by atoms with E-state index in [1.807, 2.05) is 0 Å². The summed E-state index contributed by atoms with van der Waals surface area (Å²) in [5.41, 5.74) is 9.47. The van der Waals surface area contributed by atoms with E-state index in [1.165, 1.54) is 30.4 Å². The van der Waals surface area contributed by atoms with Crippen LogP contribution in [0, 0.1) is 5.92 Å². The quantitative estimate of drug-likeness (QED) is 0.778. The van der Waals surface area contributed by atoms with Crippen molar-refractivity contribution in [3.8, 4) is 0 Å². The van der Waals surface area contributed by atoms with Crippen molar-refractivity contribution in [2.45, 2.75) is 63.7 Å². The Kier molecular flexibility index (Phi) is 5.06. The van der Waals surface area contributed by atoms with Crippen LogP contribution < -0.4 is 16.2 Å². The molecule has 5 heteroatoms. The smallest absolute Gasteiger partial charge is 0.238 e. The first kappa shape index (κ1) is 17.0. The molecule has 0 radical (unpaired) electrons. The number of rotatable bonds is 4. The molecule has 0 bridgehead atoms. The molecular formula is C20H30N4O. The standard InChI is InChI=1S/C20H30N4O/c1-14(24-11-10-15-6-2-3-7-16(15)13-24)12-21-20(25)19-17-8-4-5-9-18(17)22-23-19/h2-3,6-7,14,17-19,22-23H,4-5,8-13H2,1H3,(H,21,25). The van der Waals surface area contributed by atoms with E-state index in [0.29, 0.717) is 18.0 Å². The first-order valence-corrected chi connectivity index (χ1v) is 9.82.